The number of likely N-dealkylation sites (N-methyl/N-ethyl adjacent to an activating group) is 1. The summed E-state index contributed by atoms with van der Waals surface area (Å²) in [6.45, 7) is 8.44. The van der Waals surface area contributed by atoms with Gasteiger partial charge in [0, 0.05) is 38.4 Å². The third kappa shape index (κ3) is 4.86. The fourth-order valence-electron chi connectivity index (χ4n) is 3.64. The van der Waals surface area contributed by atoms with E-state index in [2.05, 4.69) is 0 Å². The average molecular weight is 416 g/mol. The van der Waals surface area contributed by atoms with Crippen molar-refractivity contribution in [3.63, 3.8) is 0 Å². The minimum Gasteiger partial charge on any atom is -0.312 e. The maximum atomic E-state index is 13.1. The minimum atomic E-state index is -3.52. The number of amides is 1. The molecular formula is C22H29N3O3S. The predicted octanol–water partition coefficient (Wildman–Crippen LogP) is 2.66. The van der Waals surface area contributed by atoms with Crippen LogP contribution in [0.4, 0.5) is 5.69 Å². The molecule has 6 nitrogen and oxygen atoms in total. The minimum absolute atomic E-state index is 0.0320. The van der Waals surface area contributed by atoms with Gasteiger partial charge in [-0.1, -0.05) is 30.3 Å². The van der Waals surface area contributed by atoms with Gasteiger partial charge in [-0.25, -0.2) is 8.42 Å². The summed E-state index contributed by atoms with van der Waals surface area (Å²) >= 11 is 0. The number of hydrogen-bond acceptors (Lipinski definition) is 4. The maximum absolute atomic E-state index is 13.1. The summed E-state index contributed by atoms with van der Waals surface area (Å²) in [6, 6.07) is 15.1. The molecule has 0 unspecified atom stereocenters. The summed E-state index contributed by atoms with van der Waals surface area (Å²) in [7, 11) is -3.52. The molecular weight excluding hydrogens is 386 g/mol. The van der Waals surface area contributed by atoms with E-state index in [-0.39, 0.29) is 5.91 Å². The summed E-state index contributed by atoms with van der Waals surface area (Å²) in [5, 5.41) is 0. The van der Waals surface area contributed by atoms with E-state index in [1.165, 1.54) is 4.31 Å². The summed E-state index contributed by atoms with van der Waals surface area (Å²) in [6.07, 6.45) is 0. The summed E-state index contributed by atoms with van der Waals surface area (Å²) in [5.74, 6) is 0.0320. The standard InChI is InChI=1S/C22H29N3O3S/c1-4-25(20-8-6-5-7-9-20)22(26)17-23-12-14-24(15-13-23)29(27,28)21-16-18(2)10-11-19(21)3/h5-11,16H,4,12-15,17H2,1-3H3. The lowest BCUT2D eigenvalue weighted by Crippen LogP contribution is -2.51. The fraction of sp³-hybridized carbons (Fsp3) is 0.409. The van der Waals surface area contributed by atoms with Crippen LogP contribution in [0.15, 0.2) is 53.4 Å². The molecule has 1 amide bonds. The smallest absolute Gasteiger partial charge is 0.243 e. The first kappa shape index (κ1) is 21.5. The number of nitrogens with zero attached hydrogens (tertiary/aromatic N) is 3. The third-order valence-electron chi connectivity index (χ3n) is 5.34. The monoisotopic (exact) mass is 415 g/mol. The van der Waals surface area contributed by atoms with Gasteiger partial charge in [0.1, 0.15) is 0 Å². The van der Waals surface area contributed by atoms with Crippen molar-refractivity contribution >= 4 is 21.6 Å². The highest BCUT2D eigenvalue weighted by molar-refractivity contribution is 7.89. The molecule has 0 spiro atoms. The lowest BCUT2D eigenvalue weighted by Gasteiger charge is -2.35. The molecule has 1 fully saturated rings. The quantitative estimate of drug-likeness (QED) is 0.728. The SMILES string of the molecule is CCN(C(=O)CN1CCN(S(=O)(=O)c2cc(C)ccc2C)CC1)c1ccccc1. The first-order valence-corrected chi connectivity index (χ1v) is 11.4. The Morgan fingerprint density at radius 2 is 1.66 bits per heavy atom. The number of sulfonamides is 1. The van der Waals surface area contributed by atoms with Crippen LogP contribution in [-0.2, 0) is 14.8 Å². The Kier molecular flexibility index (Phi) is 6.72. The van der Waals surface area contributed by atoms with E-state index in [1.54, 1.807) is 11.0 Å². The normalized spacial score (nSPS) is 16.0. The molecule has 29 heavy (non-hydrogen) atoms. The van der Waals surface area contributed by atoms with E-state index in [0.717, 1.165) is 16.8 Å². The molecule has 1 aliphatic rings. The molecule has 0 saturated carbocycles. The van der Waals surface area contributed by atoms with Crippen LogP contribution < -0.4 is 4.90 Å². The second-order valence-corrected chi connectivity index (χ2v) is 9.33. The number of carbonyl (C=O) groups excluding carboxylic acids is 1. The number of hydrogen-bond donors (Lipinski definition) is 0. The summed E-state index contributed by atoms with van der Waals surface area (Å²) in [4.78, 5) is 16.9. The zero-order chi connectivity index (χ0) is 21.0. The molecule has 1 heterocycles. The van der Waals surface area contributed by atoms with Crippen molar-refractivity contribution in [1.82, 2.24) is 9.21 Å². The molecule has 0 aromatic heterocycles. The summed E-state index contributed by atoms with van der Waals surface area (Å²) in [5.41, 5.74) is 2.57. The third-order valence-corrected chi connectivity index (χ3v) is 7.38. The highest BCUT2D eigenvalue weighted by Crippen LogP contribution is 2.22. The van der Waals surface area contributed by atoms with E-state index in [1.807, 2.05) is 68.1 Å². The van der Waals surface area contributed by atoms with Crippen molar-refractivity contribution in [2.24, 2.45) is 0 Å². The van der Waals surface area contributed by atoms with Crippen molar-refractivity contribution in [2.75, 3.05) is 44.2 Å². The van der Waals surface area contributed by atoms with E-state index in [9.17, 15) is 13.2 Å². The summed E-state index contributed by atoms with van der Waals surface area (Å²) < 4.78 is 27.7. The molecule has 0 bridgehead atoms. The fourth-order valence-corrected chi connectivity index (χ4v) is 5.37. The molecule has 0 N–H and O–H groups in total. The zero-order valence-electron chi connectivity index (χ0n) is 17.3. The van der Waals surface area contributed by atoms with Crippen molar-refractivity contribution in [3.8, 4) is 0 Å². The first-order valence-electron chi connectivity index (χ1n) is 9.98. The van der Waals surface area contributed by atoms with E-state index < -0.39 is 10.0 Å². The topological polar surface area (TPSA) is 60.9 Å². The van der Waals surface area contributed by atoms with Gasteiger partial charge in [-0.05, 0) is 50.1 Å². The van der Waals surface area contributed by atoms with Crippen LogP contribution in [0.1, 0.15) is 18.1 Å². The van der Waals surface area contributed by atoms with Crippen LogP contribution in [0.5, 0.6) is 0 Å². The van der Waals surface area contributed by atoms with Gasteiger partial charge in [0.15, 0.2) is 0 Å². The number of piperazine rings is 1. The Balaban J connectivity index is 1.63. The van der Waals surface area contributed by atoms with E-state index in [0.29, 0.717) is 44.2 Å². The number of carbonyl (C=O) groups is 1. The molecule has 7 heteroatoms. The van der Waals surface area contributed by atoms with Crippen LogP contribution in [-0.4, -0.2) is 62.8 Å². The van der Waals surface area contributed by atoms with Crippen LogP contribution >= 0.6 is 0 Å². The van der Waals surface area contributed by atoms with Gasteiger partial charge in [0.25, 0.3) is 0 Å². The molecule has 2 aromatic rings. The molecule has 0 atom stereocenters. The van der Waals surface area contributed by atoms with Gasteiger partial charge in [-0.3, -0.25) is 9.69 Å². The van der Waals surface area contributed by atoms with Gasteiger partial charge >= 0.3 is 0 Å². The van der Waals surface area contributed by atoms with Crippen LogP contribution in [0.2, 0.25) is 0 Å². The Morgan fingerprint density at radius 1 is 1.00 bits per heavy atom. The van der Waals surface area contributed by atoms with Gasteiger partial charge in [-0.15, -0.1) is 0 Å². The number of aryl methyl sites for hydroxylation is 2. The number of anilines is 1. The highest BCUT2D eigenvalue weighted by atomic mass is 32.2. The van der Waals surface area contributed by atoms with Gasteiger partial charge in [0.05, 0.1) is 11.4 Å². The van der Waals surface area contributed by atoms with E-state index in [4.69, 9.17) is 0 Å². The maximum Gasteiger partial charge on any atom is 0.243 e. The van der Waals surface area contributed by atoms with Crippen LogP contribution in [0.3, 0.4) is 0 Å². The van der Waals surface area contributed by atoms with Gasteiger partial charge in [0.2, 0.25) is 15.9 Å². The average Bonchev–Trinajstić information content (AvgIpc) is 2.71. The second kappa shape index (κ2) is 9.07. The van der Waals surface area contributed by atoms with Crippen molar-refractivity contribution < 1.29 is 13.2 Å². The van der Waals surface area contributed by atoms with Crippen LogP contribution in [0, 0.1) is 13.8 Å². The van der Waals surface area contributed by atoms with Crippen molar-refractivity contribution in [2.45, 2.75) is 25.7 Å². The number of rotatable bonds is 6. The Bertz CT molecular complexity index is 953. The Labute approximate surface area is 173 Å². The van der Waals surface area contributed by atoms with Gasteiger partial charge in [-0.2, -0.15) is 4.31 Å². The highest BCUT2D eigenvalue weighted by Gasteiger charge is 2.30. The molecule has 156 valence electrons. The predicted molar refractivity (Wildman–Crippen MR) is 116 cm³/mol. The number of para-hydroxylation sites is 1. The Morgan fingerprint density at radius 3 is 2.28 bits per heavy atom. The molecule has 1 saturated heterocycles. The lowest BCUT2D eigenvalue weighted by molar-refractivity contribution is -0.120. The molecule has 2 aromatic carbocycles. The largest absolute Gasteiger partial charge is 0.312 e. The first-order chi connectivity index (χ1) is 13.8. The zero-order valence-corrected chi connectivity index (χ0v) is 18.2. The van der Waals surface area contributed by atoms with E-state index >= 15 is 0 Å². The molecule has 0 aliphatic carbocycles. The van der Waals surface area contributed by atoms with Crippen molar-refractivity contribution in [1.29, 1.82) is 0 Å². The molecule has 1 aliphatic heterocycles. The Hall–Kier alpha value is -2.22. The number of benzene rings is 2. The molecule has 3 rings (SSSR count). The van der Waals surface area contributed by atoms with Gasteiger partial charge < -0.3 is 4.90 Å². The van der Waals surface area contributed by atoms with Crippen LogP contribution in [0.25, 0.3) is 0 Å². The second-order valence-electron chi connectivity index (χ2n) is 7.42. The lowest BCUT2D eigenvalue weighted by atomic mass is 10.2. The molecule has 0 radical (unpaired) electrons. The van der Waals surface area contributed by atoms with Crippen molar-refractivity contribution in [3.05, 3.63) is 59.7 Å².